The van der Waals surface area contributed by atoms with Crippen LogP contribution in [0.2, 0.25) is 0 Å². The molecule has 1 amide bonds. The first-order valence-electron chi connectivity index (χ1n) is 10.7. The van der Waals surface area contributed by atoms with E-state index in [9.17, 15) is 13.2 Å². The highest BCUT2D eigenvalue weighted by atomic mass is 32.2. The van der Waals surface area contributed by atoms with E-state index in [0.717, 1.165) is 22.6 Å². The smallest absolute Gasteiger partial charge is 0.244 e. The monoisotopic (exact) mass is 453 g/mol. The molecule has 1 aromatic carbocycles. The van der Waals surface area contributed by atoms with Crippen molar-refractivity contribution in [3.8, 4) is 5.69 Å². The summed E-state index contributed by atoms with van der Waals surface area (Å²) in [5.74, 6) is -0.255. The third kappa shape index (κ3) is 4.44. The summed E-state index contributed by atoms with van der Waals surface area (Å²) in [6.07, 6.45) is 3.89. The van der Waals surface area contributed by atoms with Crippen LogP contribution in [0.4, 0.5) is 0 Å². The molecule has 1 saturated heterocycles. The number of piperidine rings is 1. The van der Waals surface area contributed by atoms with E-state index in [2.05, 4.69) is 15.4 Å². The second-order valence-corrected chi connectivity index (χ2v) is 9.92. The molecule has 2 aromatic heterocycles. The SMILES string of the molecule is Cc1nn(-c2ccccc2)c(C)c1CNC(=O)C1CCN(S(=O)(=O)c2cccnc2)CC1. The van der Waals surface area contributed by atoms with E-state index in [1.807, 2.05) is 48.9 Å². The molecule has 8 nitrogen and oxygen atoms in total. The largest absolute Gasteiger partial charge is 0.352 e. The topological polar surface area (TPSA) is 97.2 Å². The number of aryl methyl sites for hydroxylation is 1. The highest BCUT2D eigenvalue weighted by molar-refractivity contribution is 7.89. The second-order valence-electron chi connectivity index (χ2n) is 7.98. The van der Waals surface area contributed by atoms with E-state index in [1.54, 1.807) is 18.3 Å². The number of amides is 1. The van der Waals surface area contributed by atoms with Crippen LogP contribution >= 0.6 is 0 Å². The molecule has 3 heterocycles. The Labute approximate surface area is 188 Å². The Kier molecular flexibility index (Phi) is 6.38. The number of nitrogens with one attached hydrogen (secondary N) is 1. The lowest BCUT2D eigenvalue weighted by Crippen LogP contribution is -2.42. The standard InChI is InChI=1S/C23H27N5O3S/c1-17-22(18(2)28(26-17)20-7-4-3-5-8-20)16-25-23(29)19-10-13-27(14-11-19)32(30,31)21-9-6-12-24-15-21/h3-9,12,15,19H,10-11,13-14,16H2,1-2H3,(H,25,29). The van der Waals surface area contributed by atoms with Crippen LogP contribution in [0.15, 0.2) is 59.8 Å². The molecule has 0 unspecified atom stereocenters. The van der Waals surface area contributed by atoms with Crippen molar-refractivity contribution in [1.82, 2.24) is 24.4 Å². The van der Waals surface area contributed by atoms with Gasteiger partial charge in [-0.2, -0.15) is 9.40 Å². The molecule has 1 aliphatic rings. The number of pyridine rings is 1. The molecule has 0 atom stereocenters. The van der Waals surface area contributed by atoms with Crippen molar-refractivity contribution in [2.45, 2.75) is 38.1 Å². The van der Waals surface area contributed by atoms with Crippen LogP contribution in [0.1, 0.15) is 29.8 Å². The second kappa shape index (κ2) is 9.22. The Morgan fingerprint density at radius 3 is 2.47 bits per heavy atom. The van der Waals surface area contributed by atoms with Gasteiger partial charge in [0.2, 0.25) is 15.9 Å². The zero-order valence-corrected chi connectivity index (χ0v) is 19.0. The maximum atomic E-state index is 12.8. The van der Waals surface area contributed by atoms with Gasteiger partial charge in [-0.15, -0.1) is 0 Å². The van der Waals surface area contributed by atoms with Crippen molar-refractivity contribution in [2.75, 3.05) is 13.1 Å². The van der Waals surface area contributed by atoms with Gasteiger partial charge in [-0.1, -0.05) is 18.2 Å². The number of sulfonamides is 1. The van der Waals surface area contributed by atoms with Gasteiger partial charge in [0.1, 0.15) is 4.90 Å². The first kappa shape index (κ1) is 22.2. The van der Waals surface area contributed by atoms with E-state index in [0.29, 0.717) is 32.5 Å². The van der Waals surface area contributed by atoms with Crippen LogP contribution < -0.4 is 5.32 Å². The lowest BCUT2D eigenvalue weighted by atomic mass is 9.97. The van der Waals surface area contributed by atoms with E-state index in [4.69, 9.17) is 0 Å². The molecular formula is C23H27N5O3S. The quantitative estimate of drug-likeness (QED) is 0.619. The third-order valence-corrected chi connectivity index (χ3v) is 7.86. The molecule has 32 heavy (non-hydrogen) atoms. The molecule has 0 aliphatic carbocycles. The van der Waals surface area contributed by atoms with Crippen molar-refractivity contribution in [1.29, 1.82) is 0 Å². The normalized spacial score (nSPS) is 15.6. The van der Waals surface area contributed by atoms with Crippen LogP contribution in [0.5, 0.6) is 0 Å². The highest BCUT2D eigenvalue weighted by Gasteiger charge is 2.32. The molecule has 1 aliphatic heterocycles. The van der Waals surface area contributed by atoms with Gasteiger partial charge >= 0.3 is 0 Å². The van der Waals surface area contributed by atoms with Gasteiger partial charge in [-0.05, 0) is 51.0 Å². The first-order chi connectivity index (χ1) is 15.4. The van der Waals surface area contributed by atoms with Crippen LogP contribution in [-0.2, 0) is 21.4 Å². The average molecular weight is 454 g/mol. The zero-order chi connectivity index (χ0) is 22.7. The molecule has 0 spiro atoms. The number of benzene rings is 1. The average Bonchev–Trinajstić information content (AvgIpc) is 3.12. The fraction of sp³-hybridized carbons (Fsp3) is 0.348. The molecule has 0 bridgehead atoms. The van der Waals surface area contributed by atoms with Gasteiger partial charge < -0.3 is 5.32 Å². The maximum Gasteiger partial charge on any atom is 0.244 e. The first-order valence-corrected chi connectivity index (χ1v) is 12.1. The van der Waals surface area contributed by atoms with Crippen molar-refractivity contribution in [2.24, 2.45) is 5.92 Å². The zero-order valence-electron chi connectivity index (χ0n) is 18.2. The Morgan fingerprint density at radius 2 is 1.81 bits per heavy atom. The van der Waals surface area contributed by atoms with Crippen LogP contribution in [-0.4, -0.2) is 46.5 Å². The Hall–Kier alpha value is -3.04. The van der Waals surface area contributed by atoms with Gasteiger partial charge in [0.25, 0.3) is 0 Å². The van der Waals surface area contributed by atoms with Crippen molar-refractivity contribution in [3.05, 3.63) is 71.8 Å². The summed E-state index contributed by atoms with van der Waals surface area (Å²) in [6, 6.07) is 13.0. The number of para-hydroxylation sites is 1. The van der Waals surface area contributed by atoms with Gasteiger partial charge in [0.05, 0.1) is 11.4 Å². The van der Waals surface area contributed by atoms with E-state index in [1.165, 1.54) is 10.5 Å². The summed E-state index contributed by atoms with van der Waals surface area (Å²) < 4.78 is 28.8. The Balaban J connectivity index is 1.36. The summed E-state index contributed by atoms with van der Waals surface area (Å²) in [6.45, 7) is 4.97. The van der Waals surface area contributed by atoms with Crippen LogP contribution in [0, 0.1) is 19.8 Å². The molecule has 1 N–H and O–H groups in total. The van der Waals surface area contributed by atoms with E-state index in [-0.39, 0.29) is 16.7 Å². The van der Waals surface area contributed by atoms with Crippen molar-refractivity contribution >= 4 is 15.9 Å². The van der Waals surface area contributed by atoms with Gasteiger partial charge in [-0.25, -0.2) is 13.1 Å². The van der Waals surface area contributed by atoms with Crippen LogP contribution in [0.25, 0.3) is 5.69 Å². The number of carbonyl (C=O) groups excluding carboxylic acids is 1. The number of carbonyl (C=O) groups is 1. The summed E-state index contributed by atoms with van der Waals surface area (Å²) in [4.78, 5) is 16.9. The number of hydrogen-bond acceptors (Lipinski definition) is 5. The molecule has 0 saturated carbocycles. The molecule has 4 rings (SSSR count). The van der Waals surface area contributed by atoms with Gasteiger partial charge in [0, 0.05) is 49.2 Å². The Morgan fingerprint density at radius 1 is 1.09 bits per heavy atom. The number of nitrogens with zero attached hydrogens (tertiary/aromatic N) is 4. The highest BCUT2D eigenvalue weighted by Crippen LogP contribution is 2.24. The van der Waals surface area contributed by atoms with Crippen LogP contribution in [0.3, 0.4) is 0 Å². The van der Waals surface area contributed by atoms with E-state index >= 15 is 0 Å². The molecule has 0 radical (unpaired) electrons. The number of aromatic nitrogens is 3. The number of hydrogen-bond donors (Lipinski definition) is 1. The summed E-state index contributed by atoms with van der Waals surface area (Å²) in [5, 5.41) is 7.65. The van der Waals surface area contributed by atoms with Gasteiger partial charge in [0.15, 0.2) is 0 Å². The molecule has 1 fully saturated rings. The Bertz CT molecular complexity index is 1190. The van der Waals surface area contributed by atoms with Crippen molar-refractivity contribution in [3.63, 3.8) is 0 Å². The third-order valence-electron chi connectivity index (χ3n) is 5.98. The summed E-state index contributed by atoms with van der Waals surface area (Å²) in [5.41, 5.74) is 3.85. The summed E-state index contributed by atoms with van der Waals surface area (Å²) >= 11 is 0. The minimum atomic E-state index is -3.57. The molecule has 3 aromatic rings. The summed E-state index contributed by atoms with van der Waals surface area (Å²) in [7, 11) is -3.57. The van der Waals surface area contributed by atoms with E-state index < -0.39 is 10.0 Å². The lowest BCUT2D eigenvalue weighted by molar-refractivity contribution is -0.126. The fourth-order valence-electron chi connectivity index (χ4n) is 4.08. The lowest BCUT2D eigenvalue weighted by Gasteiger charge is -2.30. The predicted molar refractivity (Wildman–Crippen MR) is 121 cm³/mol. The van der Waals surface area contributed by atoms with Gasteiger partial charge in [-0.3, -0.25) is 9.78 Å². The minimum absolute atomic E-state index is 0.0466. The van der Waals surface area contributed by atoms with Crippen molar-refractivity contribution < 1.29 is 13.2 Å². The minimum Gasteiger partial charge on any atom is -0.352 e. The molecule has 168 valence electrons. The maximum absolute atomic E-state index is 12.8. The molecular weight excluding hydrogens is 426 g/mol. The fourth-order valence-corrected chi connectivity index (χ4v) is 5.51. The molecule has 9 heteroatoms. The number of rotatable bonds is 6. The predicted octanol–water partition coefficient (Wildman–Crippen LogP) is 2.60.